The Kier molecular flexibility index (Phi) is 4.95. The molecular formula is C17H18N2O4. The summed E-state index contributed by atoms with van der Waals surface area (Å²) in [5, 5.41) is 11.1. The molecule has 0 amide bonds. The summed E-state index contributed by atoms with van der Waals surface area (Å²) in [6.07, 6.45) is 2.58. The van der Waals surface area contributed by atoms with E-state index in [0.717, 1.165) is 0 Å². The van der Waals surface area contributed by atoms with E-state index in [1.165, 1.54) is 12.2 Å². The van der Waals surface area contributed by atoms with Crippen LogP contribution in [0.25, 0.3) is 0 Å². The number of rotatable bonds is 5. The molecule has 2 rings (SSSR count). The Balaban J connectivity index is 2.54. The smallest absolute Gasteiger partial charge is 0.268 e. The van der Waals surface area contributed by atoms with Crippen LogP contribution in [0.4, 0.5) is 0 Å². The fraction of sp³-hybridized carbons (Fsp3) is 0.235. The molecule has 6 nitrogen and oxygen atoms in total. The maximum atomic E-state index is 12.8. The molecule has 1 unspecified atom stereocenters. The zero-order valence-electron chi connectivity index (χ0n) is 13.0. The van der Waals surface area contributed by atoms with Gasteiger partial charge in [0.1, 0.15) is 0 Å². The maximum Gasteiger partial charge on any atom is 0.268 e. The van der Waals surface area contributed by atoms with Crippen molar-refractivity contribution in [2.75, 3.05) is 6.61 Å². The van der Waals surface area contributed by atoms with E-state index in [-0.39, 0.29) is 17.2 Å². The molecule has 0 heterocycles. The molecule has 0 saturated heterocycles. The second-order valence-corrected chi connectivity index (χ2v) is 5.06. The summed E-state index contributed by atoms with van der Waals surface area (Å²) in [6, 6.07) is 8.62. The van der Waals surface area contributed by atoms with Gasteiger partial charge in [-0.25, -0.2) is 0 Å². The summed E-state index contributed by atoms with van der Waals surface area (Å²) in [4.78, 5) is 23.3. The second-order valence-electron chi connectivity index (χ2n) is 5.06. The van der Waals surface area contributed by atoms with Crippen molar-refractivity contribution in [2.24, 2.45) is 11.7 Å². The first kappa shape index (κ1) is 16.5. The summed E-state index contributed by atoms with van der Waals surface area (Å²) in [6.45, 7) is 3.94. The number of carbonyl (C=O) groups is 1. The molecule has 1 atom stereocenters. The van der Waals surface area contributed by atoms with Gasteiger partial charge in [-0.2, -0.15) is 0 Å². The minimum absolute atomic E-state index is 0.180. The van der Waals surface area contributed by atoms with Crippen molar-refractivity contribution >= 4 is 5.78 Å². The van der Waals surface area contributed by atoms with Crippen molar-refractivity contribution in [2.45, 2.75) is 13.8 Å². The van der Waals surface area contributed by atoms with E-state index in [4.69, 9.17) is 10.5 Å². The number of allylic oxidation sites excluding steroid dienone is 4. The number of hydrogen-bond donors (Lipinski definition) is 1. The number of nitrogens with zero attached hydrogens (tertiary/aromatic N) is 1. The van der Waals surface area contributed by atoms with E-state index < -0.39 is 10.8 Å². The molecule has 1 aliphatic rings. The average molecular weight is 314 g/mol. The molecule has 1 aromatic rings. The minimum atomic E-state index is -0.839. The summed E-state index contributed by atoms with van der Waals surface area (Å²) < 4.78 is 5.47. The zero-order chi connectivity index (χ0) is 17.0. The summed E-state index contributed by atoms with van der Waals surface area (Å²) >= 11 is 0. The minimum Gasteiger partial charge on any atom is -0.498 e. The van der Waals surface area contributed by atoms with Gasteiger partial charge in [0.25, 0.3) is 5.70 Å². The molecule has 1 aliphatic carbocycles. The number of nitro groups is 1. The number of ether oxygens (including phenoxy) is 1. The lowest BCUT2D eigenvalue weighted by Gasteiger charge is -2.22. The third-order valence-electron chi connectivity index (χ3n) is 3.55. The second kappa shape index (κ2) is 6.91. The van der Waals surface area contributed by atoms with Gasteiger partial charge >= 0.3 is 0 Å². The van der Waals surface area contributed by atoms with Crippen LogP contribution in [0.3, 0.4) is 0 Å². The lowest BCUT2D eigenvalue weighted by molar-refractivity contribution is -0.419. The normalized spacial score (nSPS) is 19.5. The Labute approximate surface area is 134 Å². The third kappa shape index (κ3) is 3.48. The molecule has 23 heavy (non-hydrogen) atoms. The Morgan fingerprint density at radius 1 is 1.35 bits per heavy atom. The molecule has 6 heteroatoms. The van der Waals surface area contributed by atoms with E-state index in [2.05, 4.69) is 0 Å². The molecule has 120 valence electrons. The fourth-order valence-electron chi connectivity index (χ4n) is 2.54. The fourth-order valence-corrected chi connectivity index (χ4v) is 2.54. The quantitative estimate of drug-likeness (QED) is 0.390. The number of nitrogens with two attached hydrogens (primary N) is 1. The van der Waals surface area contributed by atoms with Gasteiger partial charge in [0, 0.05) is 29.0 Å². The highest BCUT2D eigenvalue weighted by Crippen LogP contribution is 2.32. The largest absolute Gasteiger partial charge is 0.498 e. The zero-order valence-corrected chi connectivity index (χ0v) is 13.0. The van der Waals surface area contributed by atoms with Gasteiger partial charge in [0.2, 0.25) is 0 Å². The molecule has 0 radical (unpaired) electrons. The number of carbonyl (C=O) groups excluding carboxylic acids is 1. The molecule has 0 saturated carbocycles. The SMILES string of the molecule is CCOC(C)=C1C(N)=CC([N+](=O)[O-])=CC1C(=O)c1ccccc1. The van der Waals surface area contributed by atoms with Gasteiger partial charge in [-0.1, -0.05) is 30.3 Å². The highest BCUT2D eigenvalue weighted by atomic mass is 16.6. The Hall–Kier alpha value is -2.89. The monoisotopic (exact) mass is 314 g/mol. The lowest BCUT2D eigenvalue weighted by Crippen LogP contribution is -2.25. The molecular weight excluding hydrogens is 296 g/mol. The van der Waals surface area contributed by atoms with Crippen LogP contribution in [-0.2, 0) is 4.74 Å². The molecule has 0 bridgehead atoms. The molecule has 1 aromatic carbocycles. The Bertz CT molecular complexity index is 717. The number of hydrogen-bond acceptors (Lipinski definition) is 5. The van der Waals surface area contributed by atoms with Crippen molar-refractivity contribution in [1.82, 2.24) is 0 Å². The van der Waals surface area contributed by atoms with Crippen LogP contribution in [0.5, 0.6) is 0 Å². The van der Waals surface area contributed by atoms with Crippen molar-refractivity contribution in [1.29, 1.82) is 0 Å². The molecule has 2 N–H and O–H groups in total. The highest BCUT2D eigenvalue weighted by molar-refractivity contribution is 6.01. The van der Waals surface area contributed by atoms with Crippen molar-refractivity contribution in [3.8, 4) is 0 Å². The molecule has 0 aromatic heterocycles. The van der Waals surface area contributed by atoms with Crippen molar-refractivity contribution in [3.05, 3.63) is 80.9 Å². The van der Waals surface area contributed by atoms with E-state index in [1.54, 1.807) is 37.3 Å². The van der Waals surface area contributed by atoms with Gasteiger partial charge in [-0.3, -0.25) is 14.9 Å². The number of Topliss-reactive ketones (excluding diaryl/α,β-unsaturated/α-hetero) is 1. The van der Waals surface area contributed by atoms with E-state index >= 15 is 0 Å². The van der Waals surface area contributed by atoms with Crippen molar-refractivity contribution < 1.29 is 14.5 Å². The van der Waals surface area contributed by atoms with Gasteiger partial charge in [-0.05, 0) is 13.8 Å². The Morgan fingerprint density at radius 3 is 2.57 bits per heavy atom. The average Bonchev–Trinajstić information content (AvgIpc) is 2.54. The van der Waals surface area contributed by atoms with E-state index in [1.807, 2.05) is 6.92 Å². The lowest BCUT2D eigenvalue weighted by atomic mass is 9.84. The first-order valence-corrected chi connectivity index (χ1v) is 7.22. The van der Waals surface area contributed by atoms with Gasteiger partial charge in [-0.15, -0.1) is 0 Å². The van der Waals surface area contributed by atoms with Crippen LogP contribution < -0.4 is 5.73 Å². The highest BCUT2D eigenvalue weighted by Gasteiger charge is 2.32. The first-order valence-electron chi connectivity index (χ1n) is 7.22. The molecule has 0 spiro atoms. The number of ketones is 1. The first-order chi connectivity index (χ1) is 11.0. The van der Waals surface area contributed by atoms with Crippen molar-refractivity contribution in [3.63, 3.8) is 0 Å². The predicted octanol–water partition coefficient (Wildman–Crippen LogP) is 2.81. The number of benzene rings is 1. The molecule has 0 fully saturated rings. The predicted molar refractivity (Wildman–Crippen MR) is 85.9 cm³/mol. The van der Waals surface area contributed by atoms with Gasteiger partial charge < -0.3 is 10.5 Å². The van der Waals surface area contributed by atoms with Gasteiger partial charge in [0.15, 0.2) is 5.78 Å². The summed E-state index contributed by atoms with van der Waals surface area (Å²) in [7, 11) is 0. The topological polar surface area (TPSA) is 95.5 Å². The third-order valence-corrected chi connectivity index (χ3v) is 3.55. The standard InChI is InChI=1S/C17H18N2O4/c1-3-23-11(2)16-14(9-13(19(21)22)10-15(16)18)17(20)12-7-5-4-6-8-12/h4-10,14H,3,18H2,1-2H3. The Morgan fingerprint density at radius 2 is 2.00 bits per heavy atom. The van der Waals surface area contributed by atoms with Crippen LogP contribution in [0.2, 0.25) is 0 Å². The maximum absolute atomic E-state index is 12.8. The van der Waals surface area contributed by atoms with Gasteiger partial charge in [0.05, 0.1) is 23.2 Å². The van der Waals surface area contributed by atoms with Crippen LogP contribution in [0, 0.1) is 16.0 Å². The summed E-state index contributed by atoms with van der Waals surface area (Å²) in [5.74, 6) is -0.599. The van der Waals surface area contributed by atoms with E-state index in [0.29, 0.717) is 23.5 Å². The van der Waals surface area contributed by atoms with Crippen LogP contribution in [-0.4, -0.2) is 17.3 Å². The van der Waals surface area contributed by atoms with Crippen LogP contribution in [0.1, 0.15) is 24.2 Å². The summed E-state index contributed by atoms with van der Waals surface area (Å²) in [5.41, 5.74) is 6.90. The van der Waals surface area contributed by atoms with Crippen LogP contribution >= 0.6 is 0 Å². The van der Waals surface area contributed by atoms with E-state index in [9.17, 15) is 14.9 Å². The van der Waals surface area contributed by atoms with Crippen LogP contribution in [0.15, 0.2) is 65.2 Å². The molecule has 0 aliphatic heterocycles.